The van der Waals surface area contributed by atoms with Gasteiger partial charge in [0.2, 0.25) is 0 Å². The molecule has 6 nitrogen and oxygen atoms in total. The summed E-state index contributed by atoms with van der Waals surface area (Å²) < 4.78 is 6.59. The highest BCUT2D eigenvalue weighted by atomic mass is 32.1. The lowest BCUT2D eigenvalue weighted by Gasteiger charge is -1.99. The summed E-state index contributed by atoms with van der Waals surface area (Å²) in [6, 6.07) is 12.5. The molecular weight excluding hydrogens is 336 g/mol. The van der Waals surface area contributed by atoms with Gasteiger partial charge in [-0.1, -0.05) is 12.1 Å². The molecule has 120 valence electrons. The maximum Gasteiger partial charge on any atom is 0.283 e. The fourth-order valence-corrected chi connectivity index (χ4v) is 3.28. The molecule has 0 atom stereocenters. The molecule has 0 saturated carbocycles. The van der Waals surface area contributed by atoms with E-state index < -0.39 is 0 Å². The molecule has 25 heavy (non-hydrogen) atoms. The molecule has 0 amide bonds. The van der Waals surface area contributed by atoms with E-state index in [4.69, 9.17) is 9.68 Å². The minimum Gasteiger partial charge on any atom is -0.464 e. The Morgan fingerprint density at radius 1 is 1.28 bits per heavy atom. The first-order chi connectivity index (χ1) is 12.3. The van der Waals surface area contributed by atoms with Crippen LogP contribution in [0.3, 0.4) is 0 Å². The van der Waals surface area contributed by atoms with Gasteiger partial charge in [0.05, 0.1) is 29.5 Å². The van der Waals surface area contributed by atoms with Gasteiger partial charge in [0, 0.05) is 10.9 Å². The van der Waals surface area contributed by atoms with Crippen LogP contribution < -0.4 is 5.56 Å². The van der Waals surface area contributed by atoms with E-state index in [1.54, 1.807) is 48.9 Å². The molecule has 0 fully saturated rings. The number of aromatic nitrogens is 2. The van der Waals surface area contributed by atoms with Gasteiger partial charge < -0.3 is 4.42 Å². The summed E-state index contributed by atoms with van der Waals surface area (Å²) in [5.74, 6) is 0.624. The number of benzene rings is 1. The van der Waals surface area contributed by atoms with Crippen molar-refractivity contribution in [3.63, 3.8) is 0 Å². The monoisotopic (exact) mass is 346 g/mol. The molecule has 0 aliphatic rings. The highest BCUT2D eigenvalue weighted by Gasteiger charge is 2.14. The summed E-state index contributed by atoms with van der Waals surface area (Å²) >= 11 is 1.39. The number of furan rings is 1. The number of nitrogens with zero attached hydrogens (tertiary/aromatic N) is 4. The first-order valence-corrected chi connectivity index (χ1v) is 8.21. The molecule has 3 aromatic heterocycles. The molecule has 1 aromatic carbocycles. The molecule has 0 aliphatic heterocycles. The first-order valence-electron chi connectivity index (χ1n) is 7.33. The number of fused-ring (bicyclic) bond motifs is 1. The Balaban J connectivity index is 1.76. The van der Waals surface area contributed by atoms with Crippen LogP contribution in [0, 0.1) is 11.3 Å². The number of hydrogen-bond donors (Lipinski definition) is 0. The Morgan fingerprint density at radius 2 is 2.12 bits per heavy atom. The maximum absolute atomic E-state index is 12.8. The Hall–Kier alpha value is -3.50. The van der Waals surface area contributed by atoms with Crippen LogP contribution in [0.15, 0.2) is 68.7 Å². The Morgan fingerprint density at radius 3 is 2.84 bits per heavy atom. The summed E-state index contributed by atoms with van der Waals surface area (Å²) in [5, 5.41) is 15.3. The van der Waals surface area contributed by atoms with Gasteiger partial charge in [0.1, 0.15) is 16.9 Å². The maximum atomic E-state index is 12.8. The fourth-order valence-electron chi connectivity index (χ4n) is 2.39. The minimum atomic E-state index is -0.262. The predicted molar refractivity (Wildman–Crippen MR) is 95.7 cm³/mol. The van der Waals surface area contributed by atoms with Crippen molar-refractivity contribution < 1.29 is 4.42 Å². The second-order valence-corrected chi connectivity index (χ2v) is 6.04. The molecule has 0 spiro atoms. The van der Waals surface area contributed by atoms with Crippen molar-refractivity contribution in [2.75, 3.05) is 0 Å². The van der Waals surface area contributed by atoms with Gasteiger partial charge in [-0.3, -0.25) is 4.79 Å². The second-order valence-electron chi connectivity index (χ2n) is 5.18. The van der Waals surface area contributed by atoms with Crippen LogP contribution in [0.1, 0.15) is 11.1 Å². The second kappa shape index (κ2) is 6.19. The summed E-state index contributed by atoms with van der Waals surface area (Å²) in [6.07, 6.45) is 4.51. The van der Waals surface area contributed by atoms with Crippen LogP contribution in [-0.4, -0.2) is 15.9 Å². The quantitative estimate of drug-likeness (QED) is 0.532. The van der Waals surface area contributed by atoms with E-state index in [-0.39, 0.29) is 5.56 Å². The molecule has 0 saturated heterocycles. The zero-order valence-corrected chi connectivity index (χ0v) is 13.6. The minimum absolute atomic E-state index is 0.262. The Kier molecular flexibility index (Phi) is 3.72. The summed E-state index contributed by atoms with van der Waals surface area (Å²) in [7, 11) is 0. The number of thiophene rings is 1. The van der Waals surface area contributed by atoms with Crippen molar-refractivity contribution in [2.24, 2.45) is 5.10 Å². The van der Waals surface area contributed by atoms with E-state index in [1.807, 2.05) is 5.38 Å². The van der Waals surface area contributed by atoms with Crippen molar-refractivity contribution in [1.29, 1.82) is 5.26 Å². The zero-order chi connectivity index (χ0) is 17.2. The lowest BCUT2D eigenvalue weighted by molar-refractivity contribution is 0.583. The van der Waals surface area contributed by atoms with Gasteiger partial charge in [-0.25, -0.2) is 4.98 Å². The van der Waals surface area contributed by atoms with Crippen LogP contribution in [0.25, 0.3) is 21.5 Å². The molecule has 7 heteroatoms. The third kappa shape index (κ3) is 2.75. The van der Waals surface area contributed by atoms with E-state index in [2.05, 4.69) is 16.2 Å². The highest BCUT2D eigenvalue weighted by Crippen LogP contribution is 2.30. The average Bonchev–Trinajstić information content (AvgIpc) is 3.31. The van der Waals surface area contributed by atoms with Gasteiger partial charge in [-0.2, -0.15) is 15.0 Å². The molecule has 0 bridgehead atoms. The highest BCUT2D eigenvalue weighted by molar-refractivity contribution is 7.17. The van der Waals surface area contributed by atoms with Crippen LogP contribution in [0.2, 0.25) is 0 Å². The molecule has 3 heterocycles. The number of nitriles is 1. The fraction of sp³-hybridized carbons (Fsp3) is 0. The molecule has 4 aromatic rings. The van der Waals surface area contributed by atoms with E-state index >= 15 is 0 Å². The first kappa shape index (κ1) is 15.1. The predicted octanol–water partition coefficient (Wildman–Crippen LogP) is 3.47. The molecule has 4 rings (SSSR count). The standard InChI is InChI=1S/C18H10N4O2S/c19-8-12-3-5-13(6-4-12)9-21-22-11-20-17-16(18(22)23)14(10-25-17)15-2-1-7-24-15/h1-7,9-11H/b21-9-. The summed E-state index contributed by atoms with van der Waals surface area (Å²) in [6.45, 7) is 0. The van der Waals surface area contributed by atoms with Gasteiger partial charge in [-0.05, 0) is 29.8 Å². The average molecular weight is 346 g/mol. The van der Waals surface area contributed by atoms with Crippen LogP contribution in [0.4, 0.5) is 0 Å². The largest absolute Gasteiger partial charge is 0.464 e. The van der Waals surface area contributed by atoms with Crippen LogP contribution in [-0.2, 0) is 0 Å². The normalized spacial score (nSPS) is 11.2. The van der Waals surface area contributed by atoms with Gasteiger partial charge in [0.25, 0.3) is 5.56 Å². The molecule has 0 radical (unpaired) electrons. The lowest BCUT2D eigenvalue weighted by Crippen LogP contribution is -2.16. The third-order valence-electron chi connectivity index (χ3n) is 3.64. The van der Waals surface area contributed by atoms with E-state index in [1.165, 1.54) is 22.3 Å². The zero-order valence-electron chi connectivity index (χ0n) is 12.8. The van der Waals surface area contributed by atoms with Crippen molar-refractivity contribution in [3.05, 3.63) is 75.8 Å². The lowest BCUT2D eigenvalue weighted by atomic mass is 10.2. The third-order valence-corrected chi connectivity index (χ3v) is 4.52. The van der Waals surface area contributed by atoms with Crippen molar-refractivity contribution in [2.45, 2.75) is 0 Å². The van der Waals surface area contributed by atoms with E-state index in [0.717, 1.165) is 5.56 Å². The summed E-state index contributed by atoms with van der Waals surface area (Å²) in [5.41, 5.74) is 1.80. The van der Waals surface area contributed by atoms with E-state index in [0.29, 0.717) is 27.1 Å². The van der Waals surface area contributed by atoms with Crippen LogP contribution >= 0.6 is 11.3 Å². The Bertz CT molecular complexity index is 1160. The SMILES string of the molecule is N#Cc1ccc(/C=N\n2cnc3scc(-c4ccco4)c3c2=O)cc1. The molecule has 0 aliphatic carbocycles. The topological polar surface area (TPSA) is 84.2 Å². The molecule has 0 unspecified atom stereocenters. The van der Waals surface area contributed by atoms with Gasteiger partial charge in [0.15, 0.2) is 0 Å². The van der Waals surface area contributed by atoms with Crippen molar-refractivity contribution in [1.82, 2.24) is 9.66 Å². The van der Waals surface area contributed by atoms with Crippen LogP contribution in [0.5, 0.6) is 0 Å². The number of rotatable bonds is 3. The molecule has 0 N–H and O–H groups in total. The van der Waals surface area contributed by atoms with Gasteiger partial charge in [-0.15, -0.1) is 11.3 Å². The van der Waals surface area contributed by atoms with Crippen molar-refractivity contribution in [3.8, 4) is 17.4 Å². The molecular formula is C18H10N4O2S. The van der Waals surface area contributed by atoms with Crippen molar-refractivity contribution >= 4 is 27.8 Å². The van der Waals surface area contributed by atoms with Gasteiger partial charge >= 0.3 is 0 Å². The summed E-state index contributed by atoms with van der Waals surface area (Å²) in [4.78, 5) is 17.7. The Labute approximate surface area is 145 Å². The van der Waals surface area contributed by atoms with E-state index in [9.17, 15) is 4.79 Å². The number of hydrogen-bond acceptors (Lipinski definition) is 6. The smallest absolute Gasteiger partial charge is 0.283 e.